The van der Waals surface area contributed by atoms with Crippen LogP contribution in [0, 0.1) is 5.82 Å². The van der Waals surface area contributed by atoms with Crippen molar-refractivity contribution in [3.05, 3.63) is 76.5 Å². The summed E-state index contributed by atoms with van der Waals surface area (Å²) in [6, 6.07) is 11.8. The molecule has 0 spiro atoms. The van der Waals surface area contributed by atoms with Gasteiger partial charge in [-0.25, -0.2) is 19.3 Å². The third-order valence-electron chi connectivity index (χ3n) is 5.00. The summed E-state index contributed by atoms with van der Waals surface area (Å²) in [6.07, 6.45) is 4.58. The van der Waals surface area contributed by atoms with Crippen LogP contribution in [0.1, 0.15) is 6.92 Å². The predicted molar refractivity (Wildman–Crippen MR) is 114 cm³/mol. The molecule has 150 valence electrons. The molecule has 2 N–H and O–H groups in total. The normalized spacial score (nSPS) is 16.5. The van der Waals surface area contributed by atoms with Gasteiger partial charge in [0.15, 0.2) is 11.5 Å². The Kier molecular flexibility index (Phi) is 4.55. The molecule has 0 fully saturated rings. The topological polar surface area (TPSA) is 82.1 Å². The number of aromatic amines is 1. The van der Waals surface area contributed by atoms with Gasteiger partial charge in [-0.1, -0.05) is 23.7 Å². The van der Waals surface area contributed by atoms with Gasteiger partial charge in [0, 0.05) is 17.1 Å². The van der Waals surface area contributed by atoms with Crippen molar-refractivity contribution in [3.63, 3.8) is 0 Å². The molecule has 30 heavy (non-hydrogen) atoms. The fourth-order valence-corrected chi connectivity index (χ4v) is 3.79. The Morgan fingerprint density at radius 1 is 1.17 bits per heavy atom. The van der Waals surface area contributed by atoms with Crippen molar-refractivity contribution in [2.75, 3.05) is 10.2 Å². The lowest BCUT2D eigenvalue weighted by atomic mass is 10.1. The van der Waals surface area contributed by atoms with Gasteiger partial charge in [-0.2, -0.15) is 0 Å². The average molecular weight is 422 g/mol. The van der Waals surface area contributed by atoms with Crippen LogP contribution < -0.4 is 20.8 Å². The minimum Gasteiger partial charge on any atom is -0.362 e. The molecule has 0 aliphatic carbocycles. The van der Waals surface area contributed by atoms with Gasteiger partial charge in [0.25, 0.3) is 0 Å². The lowest BCUT2D eigenvalue weighted by Gasteiger charge is -2.34. The molecule has 7 nitrogen and oxygen atoms in total. The first-order chi connectivity index (χ1) is 14.6. The maximum atomic E-state index is 14.0. The Bertz CT molecular complexity index is 1350. The predicted octanol–water partition coefficient (Wildman–Crippen LogP) is 2.85. The van der Waals surface area contributed by atoms with E-state index in [2.05, 4.69) is 25.3 Å². The van der Waals surface area contributed by atoms with Gasteiger partial charge in [0.2, 0.25) is 0 Å². The Hall–Kier alpha value is -3.52. The third-order valence-corrected chi connectivity index (χ3v) is 5.32. The summed E-state index contributed by atoms with van der Waals surface area (Å²) in [5.41, 5.74) is 1.97. The van der Waals surface area contributed by atoms with Crippen molar-refractivity contribution < 1.29 is 4.39 Å². The molecule has 1 aliphatic heterocycles. The molecule has 4 aromatic rings. The highest BCUT2D eigenvalue weighted by molar-refractivity contribution is 6.30. The molecule has 2 aromatic carbocycles. The zero-order valence-corrected chi connectivity index (χ0v) is 16.7. The molecular weight excluding hydrogens is 405 g/mol. The van der Waals surface area contributed by atoms with Crippen molar-refractivity contribution >= 4 is 40.5 Å². The van der Waals surface area contributed by atoms with E-state index >= 15 is 0 Å². The molecule has 3 heterocycles. The second kappa shape index (κ2) is 7.38. The van der Waals surface area contributed by atoms with Crippen LogP contribution in [0.25, 0.3) is 17.4 Å². The molecule has 5 rings (SSSR count). The van der Waals surface area contributed by atoms with Gasteiger partial charge < -0.3 is 15.2 Å². The highest BCUT2D eigenvalue weighted by Gasteiger charge is 2.27. The van der Waals surface area contributed by atoms with E-state index in [0.29, 0.717) is 27.7 Å². The number of imidazole rings is 1. The van der Waals surface area contributed by atoms with Crippen LogP contribution in [0.5, 0.6) is 0 Å². The zero-order valence-electron chi connectivity index (χ0n) is 15.9. The van der Waals surface area contributed by atoms with Crippen molar-refractivity contribution in [2.24, 2.45) is 4.99 Å². The van der Waals surface area contributed by atoms with Gasteiger partial charge >= 0.3 is 0 Å². The van der Waals surface area contributed by atoms with Crippen LogP contribution in [0.3, 0.4) is 0 Å². The first kappa shape index (κ1) is 18.5. The number of H-pyrrole nitrogens is 1. The number of nitrogens with one attached hydrogen (secondary N) is 2. The van der Waals surface area contributed by atoms with Crippen LogP contribution in [-0.2, 0) is 0 Å². The number of hydrogen-bond acceptors (Lipinski definition) is 6. The summed E-state index contributed by atoms with van der Waals surface area (Å²) in [7, 11) is 0. The third kappa shape index (κ3) is 3.25. The first-order valence-electron chi connectivity index (χ1n) is 9.39. The summed E-state index contributed by atoms with van der Waals surface area (Å²) in [6.45, 7) is 1.99. The second-order valence-corrected chi connectivity index (χ2v) is 7.40. The largest absolute Gasteiger partial charge is 0.362 e. The van der Waals surface area contributed by atoms with Crippen LogP contribution in [-0.4, -0.2) is 32.1 Å². The molecule has 2 unspecified atom stereocenters. The highest BCUT2D eigenvalue weighted by atomic mass is 35.5. The van der Waals surface area contributed by atoms with Crippen LogP contribution in [0.15, 0.2) is 60.1 Å². The van der Waals surface area contributed by atoms with E-state index < -0.39 is 0 Å². The first-order valence-corrected chi connectivity index (χ1v) is 9.77. The number of aromatic nitrogens is 4. The number of fused-ring (bicyclic) bond motifs is 2. The maximum absolute atomic E-state index is 14.0. The monoisotopic (exact) mass is 421 g/mol. The molecule has 2 aromatic heterocycles. The smallest absolute Gasteiger partial charge is 0.182 e. The van der Waals surface area contributed by atoms with Crippen LogP contribution in [0.2, 0.25) is 5.02 Å². The summed E-state index contributed by atoms with van der Waals surface area (Å²) in [5.74, 6) is 0.302. The van der Waals surface area contributed by atoms with E-state index in [9.17, 15) is 4.39 Å². The van der Waals surface area contributed by atoms with Crippen molar-refractivity contribution in [3.8, 4) is 0 Å². The molecule has 2 atom stereocenters. The van der Waals surface area contributed by atoms with E-state index in [4.69, 9.17) is 16.6 Å². The maximum Gasteiger partial charge on any atom is 0.182 e. The van der Waals surface area contributed by atoms with Crippen LogP contribution >= 0.6 is 11.6 Å². The second-order valence-electron chi connectivity index (χ2n) is 6.99. The summed E-state index contributed by atoms with van der Waals surface area (Å²) >= 11 is 6.40. The minimum atomic E-state index is -0.370. The van der Waals surface area contributed by atoms with E-state index in [0.717, 1.165) is 10.6 Å². The Balaban J connectivity index is 1.59. The zero-order chi connectivity index (χ0) is 20.7. The summed E-state index contributed by atoms with van der Waals surface area (Å²) in [4.78, 5) is 22.5. The molecular formula is C21H17ClFN7. The van der Waals surface area contributed by atoms with E-state index in [1.807, 2.05) is 42.3 Å². The van der Waals surface area contributed by atoms with Crippen molar-refractivity contribution in [1.82, 2.24) is 19.9 Å². The minimum absolute atomic E-state index is 0.196. The summed E-state index contributed by atoms with van der Waals surface area (Å²) < 4.78 is 14.0. The Morgan fingerprint density at radius 2 is 2.03 bits per heavy atom. The fourth-order valence-electron chi connectivity index (χ4n) is 3.57. The SMILES string of the molecule is CC(Nc1ncnc2nc[nH]c12)C1N=c2cccc(Cl)c2=CN1c1cccc(F)c1. The molecule has 0 saturated carbocycles. The van der Waals surface area contributed by atoms with Gasteiger partial charge in [-0.05, 0) is 37.3 Å². The van der Waals surface area contributed by atoms with Crippen LogP contribution in [0.4, 0.5) is 15.9 Å². The number of rotatable bonds is 4. The summed E-state index contributed by atoms with van der Waals surface area (Å²) in [5, 5.41) is 5.56. The van der Waals surface area contributed by atoms with E-state index in [1.165, 1.54) is 18.5 Å². The highest BCUT2D eigenvalue weighted by Crippen LogP contribution is 2.24. The van der Waals surface area contributed by atoms with Gasteiger partial charge in [-0.15, -0.1) is 0 Å². The number of halogens is 2. The quantitative estimate of drug-likeness (QED) is 0.529. The van der Waals surface area contributed by atoms with Gasteiger partial charge in [-0.3, -0.25) is 4.99 Å². The molecule has 0 radical (unpaired) electrons. The lowest BCUT2D eigenvalue weighted by molar-refractivity contribution is 0.581. The fraction of sp³-hybridized carbons (Fsp3) is 0.143. The molecule has 0 bridgehead atoms. The van der Waals surface area contributed by atoms with Crippen molar-refractivity contribution in [2.45, 2.75) is 19.1 Å². The van der Waals surface area contributed by atoms with Crippen molar-refractivity contribution in [1.29, 1.82) is 0 Å². The number of hydrogen-bond donors (Lipinski definition) is 2. The Labute approximate surface area is 176 Å². The standard InChI is InChI=1S/C21H17ClFN7/c1-12(28-20-18-19(25-10-24-18)26-11-27-20)21-29-17-7-3-6-16(22)15(17)9-30(21)14-5-2-4-13(23)8-14/h2-12,21H,1H3,(H2,24,25,26,27,28). The van der Waals surface area contributed by atoms with Gasteiger partial charge in [0.1, 0.15) is 23.8 Å². The van der Waals surface area contributed by atoms with E-state index in [-0.39, 0.29) is 18.0 Å². The molecule has 0 amide bonds. The lowest BCUT2D eigenvalue weighted by Crippen LogP contribution is -2.49. The number of anilines is 2. The Morgan fingerprint density at radius 3 is 2.90 bits per heavy atom. The average Bonchev–Trinajstić information content (AvgIpc) is 3.23. The molecule has 1 aliphatic rings. The van der Waals surface area contributed by atoms with Gasteiger partial charge in [0.05, 0.1) is 22.7 Å². The number of benzene rings is 2. The molecule has 0 saturated heterocycles. The molecule has 9 heteroatoms. The van der Waals surface area contributed by atoms with E-state index in [1.54, 1.807) is 12.4 Å². The number of nitrogens with zero attached hydrogens (tertiary/aromatic N) is 5.